The number of nitrogens with one attached hydrogen (secondary N) is 1. The van der Waals surface area contributed by atoms with Gasteiger partial charge in [-0.05, 0) is 6.42 Å². The molecule has 0 unspecified atom stereocenters. The van der Waals surface area contributed by atoms with E-state index in [1.165, 1.54) is 7.05 Å². The van der Waals surface area contributed by atoms with Crippen molar-refractivity contribution in [2.24, 2.45) is 0 Å². The van der Waals surface area contributed by atoms with E-state index in [0.29, 0.717) is 13.2 Å². The standard InChI is InChI=1S/C4H10N2O3S/c1-5-10(7,8)6-3-2-4-9-6/h5H,2-4H2,1H3. The van der Waals surface area contributed by atoms with Crippen LogP contribution in [0.5, 0.6) is 0 Å². The Morgan fingerprint density at radius 1 is 1.60 bits per heavy atom. The highest BCUT2D eigenvalue weighted by Gasteiger charge is 2.24. The zero-order valence-electron chi connectivity index (χ0n) is 5.70. The van der Waals surface area contributed by atoms with E-state index >= 15 is 0 Å². The molecule has 0 amide bonds. The van der Waals surface area contributed by atoms with Crippen LogP contribution in [0.15, 0.2) is 0 Å². The molecule has 5 nitrogen and oxygen atoms in total. The molecule has 1 fully saturated rings. The van der Waals surface area contributed by atoms with Gasteiger partial charge in [0.1, 0.15) is 0 Å². The fraction of sp³-hybridized carbons (Fsp3) is 1.00. The second-order valence-electron chi connectivity index (χ2n) is 1.92. The van der Waals surface area contributed by atoms with Gasteiger partial charge in [0.2, 0.25) is 0 Å². The highest BCUT2D eigenvalue weighted by Crippen LogP contribution is 2.07. The van der Waals surface area contributed by atoms with Gasteiger partial charge in [-0.15, -0.1) is 0 Å². The van der Waals surface area contributed by atoms with Crippen molar-refractivity contribution in [1.82, 2.24) is 9.19 Å². The molecule has 0 bridgehead atoms. The Labute approximate surface area is 60.1 Å². The number of hydroxylamine groups is 1. The molecule has 1 saturated heterocycles. The zero-order chi connectivity index (χ0) is 7.61. The summed E-state index contributed by atoms with van der Waals surface area (Å²) in [6.45, 7) is 0.935. The number of hydrogen-bond acceptors (Lipinski definition) is 3. The molecule has 1 heterocycles. The molecular formula is C4H10N2O3S. The van der Waals surface area contributed by atoms with Crippen molar-refractivity contribution in [3.8, 4) is 0 Å². The Morgan fingerprint density at radius 3 is 2.70 bits per heavy atom. The molecule has 1 N–H and O–H groups in total. The first-order valence-electron chi connectivity index (χ1n) is 3.01. The van der Waals surface area contributed by atoms with E-state index < -0.39 is 10.2 Å². The summed E-state index contributed by atoms with van der Waals surface area (Å²) in [7, 11) is -1.98. The first-order valence-corrected chi connectivity index (χ1v) is 4.45. The number of nitrogens with zero attached hydrogens (tertiary/aromatic N) is 1. The Morgan fingerprint density at radius 2 is 2.30 bits per heavy atom. The summed E-state index contributed by atoms with van der Waals surface area (Å²) < 4.78 is 24.9. The third-order valence-corrected chi connectivity index (χ3v) is 2.59. The number of rotatable bonds is 2. The topological polar surface area (TPSA) is 58.6 Å². The van der Waals surface area contributed by atoms with Gasteiger partial charge in [0.25, 0.3) is 0 Å². The molecule has 0 atom stereocenters. The second-order valence-corrected chi connectivity index (χ2v) is 3.69. The van der Waals surface area contributed by atoms with E-state index in [4.69, 9.17) is 4.84 Å². The first kappa shape index (κ1) is 7.93. The smallest absolute Gasteiger partial charge is 0.283 e. The maximum Gasteiger partial charge on any atom is 0.301 e. The minimum absolute atomic E-state index is 0.448. The van der Waals surface area contributed by atoms with Crippen LogP contribution in [0.3, 0.4) is 0 Å². The van der Waals surface area contributed by atoms with Crippen LogP contribution in [-0.4, -0.2) is 33.1 Å². The summed E-state index contributed by atoms with van der Waals surface area (Å²) >= 11 is 0. The van der Waals surface area contributed by atoms with Gasteiger partial charge >= 0.3 is 10.2 Å². The summed E-state index contributed by atoms with van der Waals surface area (Å²) in [5.41, 5.74) is 0. The van der Waals surface area contributed by atoms with Gasteiger partial charge in [0, 0.05) is 13.6 Å². The molecule has 1 aliphatic heterocycles. The van der Waals surface area contributed by atoms with Gasteiger partial charge in [0.15, 0.2) is 0 Å². The molecule has 0 aromatic rings. The van der Waals surface area contributed by atoms with Crippen LogP contribution in [0, 0.1) is 0 Å². The molecule has 0 aromatic heterocycles. The lowest BCUT2D eigenvalue weighted by atomic mass is 10.5. The first-order chi connectivity index (χ1) is 4.67. The SMILES string of the molecule is CNS(=O)(=O)N1CCCO1. The normalized spacial score (nSPS) is 21.7. The van der Waals surface area contributed by atoms with Gasteiger partial charge in [-0.3, -0.25) is 4.84 Å². The van der Waals surface area contributed by atoms with Crippen LogP contribution in [0.2, 0.25) is 0 Å². The largest absolute Gasteiger partial charge is 0.301 e. The van der Waals surface area contributed by atoms with Crippen LogP contribution >= 0.6 is 0 Å². The van der Waals surface area contributed by atoms with E-state index in [9.17, 15) is 8.42 Å². The van der Waals surface area contributed by atoms with Crippen molar-refractivity contribution in [1.29, 1.82) is 0 Å². The highest BCUT2D eigenvalue weighted by molar-refractivity contribution is 7.87. The molecule has 60 valence electrons. The van der Waals surface area contributed by atoms with Crippen LogP contribution in [0.1, 0.15) is 6.42 Å². The van der Waals surface area contributed by atoms with Crippen LogP contribution in [-0.2, 0) is 15.0 Å². The Hall–Kier alpha value is -0.170. The average Bonchev–Trinajstić information content (AvgIpc) is 2.38. The Kier molecular flexibility index (Phi) is 2.24. The molecule has 1 aliphatic rings. The van der Waals surface area contributed by atoms with E-state index in [-0.39, 0.29) is 0 Å². The minimum atomic E-state index is -3.34. The third-order valence-electron chi connectivity index (χ3n) is 1.25. The van der Waals surface area contributed by atoms with Crippen molar-refractivity contribution in [3.63, 3.8) is 0 Å². The molecule has 1 rings (SSSR count). The lowest BCUT2D eigenvalue weighted by Crippen LogP contribution is -2.35. The van der Waals surface area contributed by atoms with Crippen molar-refractivity contribution in [2.45, 2.75) is 6.42 Å². The Balaban J connectivity index is 2.63. The molecule has 0 spiro atoms. The minimum Gasteiger partial charge on any atom is -0.283 e. The summed E-state index contributed by atoms with van der Waals surface area (Å²) in [6.07, 6.45) is 0.765. The summed E-state index contributed by atoms with van der Waals surface area (Å²) in [4.78, 5) is 4.79. The van der Waals surface area contributed by atoms with Gasteiger partial charge in [0.05, 0.1) is 6.61 Å². The van der Waals surface area contributed by atoms with E-state index in [0.717, 1.165) is 10.9 Å². The lowest BCUT2D eigenvalue weighted by Gasteiger charge is -2.11. The fourth-order valence-corrected chi connectivity index (χ4v) is 1.50. The van der Waals surface area contributed by atoms with Crippen LogP contribution in [0.25, 0.3) is 0 Å². The van der Waals surface area contributed by atoms with Crippen LogP contribution < -0.4 is 4.72 Å². The predicted molar refractivity (Wildman–Crippen MR) is 35.3 cm³/mol. The third kappa shape index (κ3) is 1.46. The monoisotopic (exact) mass is 166 g/mol. The molecule has 6 heteroatoms. The molecule has 0 aromatic carbocycles. The molecule has 0 radical (unpaired) electrons. The summed E-state index contributed by atoms with van der Waals surface area (Å²) in [6, 6.07) is 0. The van der Waals surface area contributed by atoms with E-state index in [1.807, 2.05) is 0 Å². The predicted octanol–water partition coefficient (Wildman–Crippen LogP) is -0.912. The Bertz CT molecular complexity index is 195. The highest BCUT2D eigenvalue weighted by atomic mass is 32.2. The van der Waals surface area contributed by atoms with Crippen molar-refractivity contribution < 1.29 is 13.3 Å². The maximum absolute atomic E-state index is 10.9. The zero-order valence-corrected chi connectivity index (χ0v) is 6.52. The van der Waals surface area contributed by atoms with Gasteiger partial charge in [-0.2, -0.15) is 8.42 Å². The molecule has 0 aliphatic carbocycles. The summed E-state index contributed by atoms with van der Waals surface area (Å²) in [5.74, 6) is 0. The lowest BCUT2D eigenvalue weighted by molar-refractivity contribution is -0.0294. The molecule has 10 heavy (non-hydrogen) atoms. The van der Waals surface area contributed by atoms with E-state index in [2.05, 4.69) is 4.72 Å². The van der Waals surface area contributed by atoms with Crippen molar-refractivity contribution in [3.05, 3.63) is 0 Å². The number of hydrogen-bond donors (Lipinski definition) is 1. The quantitative estimate of drug-likeness (QED) is 0.577. The van der Waals surface area contributed by atoms with Gasteiger partial charge < -0.3 is 0 Å². The van der Waals surface area contributed by atoms with Gasteiger partial charge in [-0.1, -0.05) is 4.47 Å². The molecular weight excluding hydrogens is 156 g/mol. The summed E-state index contributed by atoms with van der Waals surface area (Å²) in [5, 5.41) is 0. The maximum atomic E-state index is 10.9. The second kappa shape index (κ2) is 2.83. The fourth-order valence-electron chi connectivity index (χ4n) is 0.716. The van der Waals surface area contributed by atoms with E-state index in [1.54, 1.807) is 0 Å². The van der Waals surface area contributed by atoms with Crippen molar-refractivity contribution in [2.75, 3.05) is 20.2 Å². The van der Waals surface area contributed by atoms with Gasteiger partial charge in [-0.25, -0.2) is 4.72 Å². The average molecular weight is 166 g/mol. The van der Waals surface area contributed by atoms with Crippen LogP contribution in [0.4, 0.5) is 0 Å². The van der Waals surface area contributed by atoms with Crippen molar-refractivity contribution >= 4 is 10.2 Å². The molecule has 0 saturated carbocycles.